The first kappa shape index (κ1) is 15.2. The number of hydrogen-bond acceptors (Lipinski definition) is 5. The molecular weight excluding hydrogens is 250 g/mol. The summed E-state index contributed by atoms with van der Waals surface area (Å²) in [5.41, 5.74) is 1.78. The van der Waals surface area contributed by atoms with Gasteiger partial charge < -0.3 is 18.8 Å². The average Bonchev–Trinajstić information content (AvgIpc) is 2.71. The molecule has 0 aliphatic heterocycles. The topological polar surface area (TPSA) is 66.8 Å². The zero-order valence-electron chi connectivity index (χ0n) is 11.7. The molecule has 1 aromatic heterocycles. The van der Waals surface area contributed by atoms with E-state index in [1.165, 1.54) is 14.2 Å². The molecule has 1 rings (SSSR count). The summed E-state index contributed by atoms with van der Waals surface area (Å²) in [6.45, 7) is 2.85. The third-order valence-corrected chi connectivity index (χ3v) is 2.84. The molecule has 106 valence electrons. The highest BCUT2D eigenvalue weighted by Crippen LogP contribution is 2.19. The summed E-state index contributed by atoms with van der Waals surface area (Å²) < 4.78 is 16.2. The maximum absolute atomic E-state index is 11.8. The van der Waals surface area contributed by atoms with Crippen LogP contribution in [0.2, 0.25) is 0 Å². The number of methoxy groups -OCH3 is 3. The molecule has 0 radical (unpaired) electrons. The molecular formula is C13H19NO5. The smallest absolute Gasteiger partial charge is 0.339 e. The summed E-state index contributed by atoms with van der Waals surface area (Å²) in [4.78, 5) is 23.3. The Kier molecular flexibility index (Phi) is 5.57. The maximum Gasteiger partial charge on any atom is 0.339 e. The fraction of sp³-hybridized carbons (Fsp3) is 0.538. The quantitative estimate of drug-likeness (QED) is 0.719. The predicted molar refractivity (Wildman–Crippen MR) is 68.1 cm³/mol. The molecule has 0 amide bonds. The standard InChI is InChI=1S/C13H19NO5/c1-9-8-14(5-6-17-2)10(7-11(15)18-3)12(9)13(16)19-4/h8H,5-7H2,1-4H3. The molecule has 0 saturated heterocycles. The lowest BCUT2D eigenvalue weighted by Crippen LogP contribution is -2.16. The van der Waals surface area contributed by atoms with E-state index >= 15 is 0 Å². The number of ether oxygens (including phenoxy) is 3. The number of carbonyl (C=O) groups is 2. The first-order valence-corrected chi connectivity index (χ1v) is 5.87. The van der Waals surface area contributed by atoms with Crippen LogP contribution in [-0.4, -0.2) is 44.4 Å². The normalized spacial score (nSPS) is 10.3. The number of carbonyl (C=O) groups excluding carboxylic acids is 2. The lowest BCUT2D eigenvalue weighted by atomic mass is 10.1. The molecule has 0 saturated carbocycles. The van der Waals surface area contributed by atoms with Crippen molar-refractivity contribution in [2.75, 3.05) is 27.9 Å². The van der Waals surface area contributed by atoms with Crippen LogP contribution in [0.5, 0.6) is 0 Å². The minimum atomic E-state index is -0.451. The van der Waals surface area contributed by atoms with Crippen LogP contribution < -0.4 is 0 Å². The average molecular weight is 269 g/mol. The van der Waals surface area contributed by atoms with Crippen molar-refractivity contribution in [3.63, 3.8) is 0 Å². The zero-order chi connectivity index (χ0) is 14.4. The molecule has 0 unspecified atom stereocenters. The minimum Gasteiger partial charge on any atom is -0.469 e. The first-order chi connectivity index (χ1) is 9.04. The molecule has 0 aliphatic carbocycles. The van der Waals surface area contributed by atoms with Crippen LogP contribution in [0.1, 0.15) is 21.6 Å². The van der Waals surface area contributed by atoms with E-state index in [1.54, 1.807) is 14.0 Å². The van der Waals surface area contributed by atoms with E-state index in [1.807, 2.05) is 10.8 Å². The van der Waals surface area contributed by atoms with Gasteiger partial charge in [0.05, 0.1) is 32.8 Å². The summed E-state index contributed by atoms with van der Waals surface area (Å²) in [5.74, 6) is -0.852. The molecule has 0 aromatic carbocycles. The minimum absolute atomic E-state index is 0.0263. The molecule has 1 heterocycles. The van der Waals surface area contributed by atoms with E-state index in [4.69, 9.17) is 9.47 Å². The lowest BCUT2D eigenvalue weighted by molar-refractivity contribution is -0.139. The van der Waals surface area contributed by atoms with Crippen LogP contribution in [0.4, 0.5) is 0 Å². The van der Waals surface area contributed by atoms with Crippen molar-refractivity contribution >= 4 is 11.9 Å². The summed E-state index contributed by atoms with van der Waals surface area (Å²) >= 11 is 0. The number of esters is 2. The fourth-order valence-corrected chi connectivity index (χ4v) is 1.92. The highest BCUT2D eigenvalue weighted by Gasteiger charge is 2.22. The number of rotatable bonds is 6. The fourth-order valence-electron chi connectivity index (χ4n) is 1.92. The highest BCUT2D eigenvalue weighted by atomic mass is 16.5. The van der Waals surface area contributed by atoms with Crippen LogP contribution in [-0.2, 0) is 32.0 Å². The van der Waals surface area contributed by atoms with Gasteiger partial charge >= 0.3 is 11.9 Å². The van der Waals surface area contributed by atoms with E-state index in [0.717, 1.165) is 5.56 Å². The van der Waals surface area contributed by atoms with E-state index in [9.17, 15) is 9.59 Å². The van der Waals surface area contributed by atoms with Gasteiger partial charge in [-0.25, -0.2) is 4.79 Å². The van der Waals surface area contributed by atoms with Crippen LogP contribution in [0, 0.1) is 6.92 Å². The first-order valence-electron chi connectivity index (χ1n) is 5.87. The summed E-state index contributed by atoms with van der Waals surface area (Å²) in [6, 6.07) is 0. The van der Waals surface area contributed by atoms with Crippen molar-refractivity contribution in [2.45, 2.75) is 19.9 Å². The predicted octanol–water partition coefficient (Wildman–Crippen LogP) is 0.945. The monoisotopic (exact) mass is 269 g/mol. The zero-order valence-corrected chi connectivity index (χ0v) is 11.7. The summed E-state index contributed by atoms with van der Waals surface area (Å²) in [5, 5.41) is 0. The van der Waals surface area contributed by atoms with E-state index in [0.29, 0.717) is 24.4 Å². The van der Waals surface area contributed by atoms with Gasteiger partial charge in [-0.3, -0.25) is 4.79 Å². The third-order valence-electron chi connectivity index (χ3n) is 2.84. The van der Waals surface area contributed by atoms with Gasteiger partial charge in [0.1, 0.15) is 0 Å². The molecule has 0 fully saturated rings. The molecule has 6 nitrogen and oxygen atoms in total. The van der Waals surface area contributed by atoms with Crippen molar-refractivity contribution in [3.8, 4) is 0 Å². The molecule has 0 N–H and O–H groups in total. The number of nitrogens with zero attached hydrogens (tertiary/aromatic N) is 1. The Morgan fingerprint density at radius 3 is 2.42 bits per heavy atom. The second-order valence-electron chi connectivity index (χ2n) is 4.06. The molecule has 1 aromatic rings. The maximum atomic E-state index is 11.8. The SMILES string of the molecule is COCCn1cc(C)c(C(=O)OC)c1CC(=O)OC. The Bertz CT molecular complexity index is 464. The van der Waals surface area contributed by atoms with Gasteiger partial charge in [0, 0.05) is 25.5 Å². The summed E-state index contributed by atoms with van der Waals surface area (Å²) in [7, 11) is 4.23. The molecule has 0 spiro atoms. The molecule has 0 atom stereocenters. The van der Waals surface area contributed by atoms with Crippen LogP contribution in [0.15, 0.2) is 6.20 Å². The Morgan fingerprint density at radius 1 is 1.21 bits per heavy atom. The molecule has 0 aliphatic rings. The lowest BCUT2D eigenvalue weighted by Gasteiger charge is -2.09. The van der Waals surface area contributed by atoms with Gasteiger partial charge in [-0.05, 0) is 12.5 Å². The van der Waals surface area contributed by atoms with Crippen molar-refractivity contribution in [2.24, 2.45) is 0 Å². The second kappa shape index (κ2) is 6.94. The number of aromatic nitrogens is 1. The van der Waals surface area contributed by atoms with E-state index in [2.05, 4.69) is 4.74 Å². The van der Waals surface area contributed by atoms with Crippen molar-refractivity contribution in [1.82, 2.24) is 4.57 Å². The van der Waals surface area contributed by atoms with Crippen LogP contribution in [0.25, 0.3) is 0 Å². The Morgan fingerprint density at radius 2 is 1.89 bits per heavy atom. The second-order valence-corrected chi connectivity index (χ2v) is 4.06. The van der Waals surface area contributed by atoms with Crippen molar-refractivity contribution in [3.05, 3.63) is 23.0 Å². The van der Waals surface area contributed by atoms with Gasteiger partial charge in [-0.2, -0.15) is 0 Å². The van der Waals surface area contributed by atoms with Gasteiger partial charge in [-0.15, -0.1) is 0 Å². The largest absolute Gasteiger partial charge is 0.469 e. The number of aryl methyl sites for hydroxylation is 1. The number of hydrogen-bond donors (Lipinski definition) is 0. The van der Waals surface area contributed by atoms with Gasteiger partial charge in [0.15, 0.2) is 0 Å². The Balaban J connectivity index is 3.16. The van der Waals surface area contributed by atoms with Crippen molar-refractivity contribution in [1.29, 1.82) is 0 Å². The van der Waals surface area contributed by atoms with Crippen LogP contribution in [0.3, 0.4) is 0 Å². The third kappa shape index (κ3) is 3.57. The van der Waals surface area contributed by atoms with E-state index in [-0.39, 0.29) is 6.42 Å². The van der Waals surface area contributed by atoms with Crippen LogP contribution >= 0.6 is 0 Å². The van der Waals surface area contributed by atoms with Gasteiger partial charge in [-0.1, -0.05) is 0 Å². The van der Waals surface area contributed by atoms with Crippen molar-refractivity contribution < 1.29 is 23.8 Å². The molecule has 19 heavy (non-hydrogen) atoms. The highest BCUT2D eigenvalue weighted by molar-refractivity contribution is 5.93. The Labute approximate surface area is 112 Å². The molecule has 6 heteroatoms. The van der Waals surface area contributed by atoms with Gasteiger partial charge in [0.25, 0.3) is 0 Å². The summed E-state index contributed by atoms with van der Waals surface area (Å²) in [6.07, 6.45) is 1.84. The van der Waals surface area contributed by atoms with Gasteiger partial charge in [0.2, 0.25) is 0 Å². The Hall–Kier alpha value is -1.82. The van der Waals surface area contributed by atoms with E-state index < -0.39 is 11.9 Å². The molecule has 0 bridgehead atoms.